The van der Waals surface area contributed by atoms with E-state index in [-0.39, 0.29) is 16.6 Å². The largest absolute Gasteiger partial charge is 0.451 e. The molecule has 0 bridgehead atoms. The quantitative estimate of drug-likeness (QED) is 0.158. The number of anilines is 2. The number of nitrogens with zero attached hydrogens (tertiary/aromatic N) is 3. The molecule has 1 aliphatic rings. The van der Waals surface area contributed by atoms with Crippen LogP contribution in [-0.2, 0) is 6.54 Å². The lowest BCUT2D eigenvalue weighted by molar-refractivity contribution is -0.384. The van der Waals surface area contributed by atoms with Crippen molar-refractivity contribution in [3.05, 3.63) is 111 Å². The van der Waals surface area contributed by atoms with Crippen LogP contribution in [0.2, 0.25) is 5.02 Å². The zero-order valence-electron chi connectivity index (χ0n) is 21.4. The summed E-state index contributed by atoms with van der Waals surface area (Å²) in [5.74, 6) is -0.150. The molecular weight excluding hydrogens is 550 g/mol. The van der Waals surface area contributed by atoms with E-state index >= 15 is 0 Å². The smallest absolute Gasteiger partial charge is 0.293 e. The van der Waals surface area contributed by atoms with E-state index in [2.05, 4.69) is 26.5 Å². The lowest BCUT2D eigenvalue weighted by Crippen LogP contribution is -2.46. The van der Waals surface area contributed by atoms with Crippen molar-refractivity contribution >= 4 is 51.9 Å². The standard InChI is InChI=1S/C29H26ClN5O4S/c30-25-7-2-1-4-21(25)19-33-14-16-34(17-15-33)23-10-8-22(9-11-23)31-29(40)32-28(36)27-13-12-26(39-27)20-5-3-6-24(18-20)35(37)38/h1-13,18H,14-17,19H2,(H2,31,32,36,40). The molecule has 1 aromatic heterocycles. The van der Waals surface area contributed by atoms with Gasteiger partial charge in [-0.3, -0.25) is 25.1 Å². The van der Waals surface area contributed by atoms with E-state index in [1.54, 1.807) is 18.2 Å². The Labute approximate surface area is 241 Å². The van der Waals surface area contributed by atoms with E-state index in [0.717, 1.165) is 54.7 Å². The predicted molar refractivity (Wildman–Crippen MR) is 160 cm³/mol. The molecule has 204 valence electrons. The maximum atomic E-state index is 12.6. The molecule has 0 spiro atoms. The first kappa shape index (κ1) is 27.3. The van der Waals surface area contributed by atoms with Crippen LogP contribution in [0.1, 0.15) is 16.1 Å². The zero-order chi connectivity index (χ0) is 28.1. The Kier molecular flexibility index (Phi) is 8.40. The number of furan rings is 1. The van der Waals surface area contributed by atoms with Gasteiger partial charge in [0.1, 0.15) is 5.76 Å². The normalized spacial score (nSPS) is 13.6. The Morgan fingerprint density at radius 3 is 2.45 bits per heavy atom. The Morgan fingerprint density at radius 2 is 1.73 bits per heavy atom. The number of piperazine rings is 1. The van der Waals surface area contributed by atoms with Crippen LogP contribution in [0.25, 0.3) is 11.3 Å². The van der Waals surface area contributed by atoms with Gasteiger partial charge in [0.05, 0.1) is 4.92 Å². The van der Waals surface area contributed by atoms with Crippen molar-refractivity contribution in [3.8, 4) is 11.3 Å². The first-order valence-electron chi connectivity index (χ1n) is 12.6. The van der Waals surface area contributed by atoms with E-state index < -0.39 is 10.8 Å². The molecule has 1 fully saturated rings. The van der Waals surface area contributed by atoms with E-state index in [1.807, 2.05) is 42.5 Å². The maximum absolute atomic E-state index is 12.6. The molecule has 3 aromatic carbocycles. The molecule has 5 rings (SSSR count). The summed E-state index contributed by atoms with van der Waals surface area (Å²) in [6.45, 7) is 4.54. The van der Waals surface area contributed by atoms with Gasteiger partial charge in [-0.15, -0.1) is 0 Å². The molecule has 0 unspecified atom stereocenters. The summed E-state index contributed by atoms with van der Waals surface area (Å²) < 4.78 is 5.61. The highest BCUT2D eigenvalue weighted by atomic mass is 35.5. The van der Waals surface area contributed by atoms with Crippen LogP contribution in [0, 0.1) is 10.1 Å². The number of amides is 1. The van der Waals surface area contributed by atoms with Gasteiger partial charge in [-0.1, -0.05) is 41.9 Å². The van der Waals surface area contributed by atoms with Crippen molar-refractivity contribution in [2.24, 2.45) is 0 Å². The van der Waals surface area contributed by atoms with Gasteiger partial charge in [0, 0.05) is 66.8 Å². The number of carbonyl (C=O) groups excluding carboxylic acids is 1. The molecule has 0 aliphatic carbocycles. The second kappa shape index (κ2) is 12.3. The van der Waals surface area contributed by atoms with Gasteiger partial charge in [-0.05, 0) is 60.2 Å². The number of thiocarbonyl (C=S) groups is 1. The second-order valence-electron chi connectivity index (χ2n) is 9.28. The number of rotatable bonds is 7. The number of non-ortho nitro benzene ring substituents is 1. The molecule has 1 amide bonds. The monoisotopic (exact) mass is 575 g/mol. The molecule has 9 nitrogen and oxygen atoms in total. The summed E-state index contributed by atoms with van der Waals surface area (Å²) in [6.07, 6.45) is 0. The highest BCUT2D eigenvalue weighted by Gasteiger charge is 2.19. The third kappa shape index (κ3) is 6.66. The molecule has 11 heteroatoms. The Balaban J connectivity index is 1.11. The van der Waals surface area contributed by atoms with Crippen LogP contribution in [0.4, 0.5) is 17.1 Å². The summed E-state index contributed by atoms with van der Waals surface area (Å²) in [5, 5.41) is 17.6. The van der Waals surface area contributed by atoms with Crippen LogP contribution in [0.5, 0.6) is 0 Å². The van der Waals surface area contributed by atoms with Gasteiger partial charge in [-0.2, -0.15) is 0 Å². The fourth-order valence-corrected chi connectivity index (χ4v) is 4.91. The summed E-state index contributed by atoms with van der Waals surface area (Å²) in [6, 6.07) is 24.9. The maximum Gasteiger partial charge on any atom is 0.293 e. The molecule has 40 heavy (non-hydrogen) atoms. The third-order valence-corrected chi connectivity index (χ3v) is 7.19. The van der Waals surface area contributed by atoms with Crippen molar-refractivity contribution in [1.82, 2.24) is 10.2 Å². The van der Waals surface area contributed by atoms with E-state index in [0.29, 0.717) is 11.3 Å². The topological polar surface area (TPSA) is 104 Å². The van der Waals surface area contributed by atoms with E-state index in [9.17, 15) is 14.9 Å². The van der Waals surface area contributed by atoms with Crippen molar-refractivity contribution in [3.63, 3.8) is 0 Å². The van der Waals surface area contributed by atoms with Gasteiger partial charge in [0.15, 0.2) is 10.9 Å². The molecule has 1 saturated heterocycles. The van der Waals surface area contributed by atoms with Gasteiger partial charge >= 0.3 is 0 Å². The number of hydrogen-bond donors (Lipinski definition) is 2. The van der Waals surface area contributed by atoms with Crippen molar-refractivity contribution in [1.29, 1.82) is 0 Å². The fraction of sp³-hybridized carbons (Fsp3) is 0.172. The first-order valence-corrected chi connectivity index (χ1v) is 13.4. The molecule has 2 heterocycles. The van der Waals surface area contributed by atoms with Crippen LogP contribution in [0.3, 0.4) is 0 Å². The average molecular weight is 576 g/mol. The fourth-order valence-electron chi connectivity index (χ4n) is 4.50. The second-order valence-corrected chi connectivity index (χ2v) is 10.1. The number of nitrogens with one attached hydrogen (secondary N) is 2. The Morgan fingerprint density at radius 1 is 0.975 bits per heavy atom. The lowest BCUT2D eigenvalue weighted by atomic mass is 10.1. The summed E-state index contributed by atoms with van der Waals surface area (Å²) in [5.41, 5.74) is 3.43. The Bertz CT molecular complexity index is 1530. The first-order chi connectivity index (χ1) is 19.4. The van der Waals surface area contributed by atoms with Gasteiger partial charge < -0.3 is 14.6 Å². The van der Waals surface area contributed by atoms with Crippen molar-refractivity contribution in [2.75, 3.05) is 36.4 Å². The lowest BCUT2D eigenvalue weighted by Gasteiger charge is -2.36. The average Bonchev–Trinajstić information content (AvgIpc) is 3.46. The van der Waals surface area contributed by atoms with Crippen LogP contribution < -0.4 is 15.5 Å². The van der Waals surface area contributed by atoms with E-state index in [4.69, 9.17) is 28.2 Å². The van der Waals surface area contributed by atoms with Crippen LogP contribution >= 0.6 is 23.8 Å². The zero-order valence-corrected chi connectivity index (χ0v) is 23.0. The minimum Gasteiger partial charge on any atom is -0.451 e. The number of hydrogen-bond acceptors (Lipinski definition) is 7. The number of nitro benzene ring substituents is 1. The van der Waals surface area contributed by atoms with Crippen LogP contribution in [0.15, 0.2) is 89.3 Å². The van der Waals surface area contributed by atoms with Gasteiger partial charge in [0.2, 0.25) is 0 Å². The predicted octanol–water partition coefficient (Wildman–Crippen LogP) is 5.96. The molecule has 0 atom stereocenters. The molecular formula is C29H26ClN5O4S. The summed E-state index contributed by atoms with van der Waals surface area (Å²) >= 11 is 11.6. The summed E-state index contributed by atoms with van der Waals surface area (Å²) in [4.78, 5) is 27.9. The Hall–Kier alpha value is -4.25. The third-order valence-electron chi connectivity index (χ3n) is 6.61. The number of carbonyl (C=O) groups is 1. The minimum absolute atomic E-state index is 0.0367. The van der Waals surface area contributed by atoms with Crippen molar-refractivity contribution < 1.29 is 14.1 Å². The number of nitro groups is 1. The van der Waals surface area contributed by atoms with Crippen molar-refractivity contribution in [2.45, 2.75) is 6.54 Å². The molecule has 0 radical (unpaired) electrons. The molecule has 4 aromatic rings. The van der Waals surface area contributed by atoms with Gasteiger partial charge in [-0.25, -0.2) is 0 Å². The van der Waals surface area contributed by atoms with Crippen LogP contribution in [-0.4, -0.2) is 47.0 Å². The highest BCUT2D eigenvalue weighted by Crippen LogP contribution is 2.26. The number of halogens is 1. The molecule has 1 aliphatic heterocycles. The number of benzene rings is 3. The SMILES string of the molecule is O=C(NC(=S)Nc1ccc(N2CCN(Cc3ccccc3Cl)CC2)cc1)c1ccc(-c2cccc([N+](=O)[O-])c2)o1. The van der Waals surface area contributed by atoms with Gasteiger partial charge in [0.25, 0.3) is 11.6 Å². The highest BCUT2D eigenvalue weighted by molar-refractivity contribution is 7.80. The summed E-state index contributed by atoms with van der Waals surface area (Å²) in [7, 11) is 0. The minimum atomic E-state index is -0.527. The molecule has 2 N–H and O–H groups in total. The molecule has 0 saturated carbocycles. The van der Waals surface area contributed by atoms with E-state index in [1.165, 1.54) is 18.2 Å².